The summed E-state index contributed by atoms with van der Waals surface area (Å²) >= 11 is 9.63. The number of anilines is 2. The highest BCUT2D eigenvalue weighted by molar-refractivity contribution is 9.11. The van der Waals surface area contributed by atoms with Crippen molar-refractivity contribution in [1.82, 2.24) is 15.0 Å². The summed E-state index contributed by atoms with van der Waals surface area (Å²) in [7, 11) is -11.2. The van der Waals surface area contributed by atoms with Gasteiger partial charge in [-0.1, -0.05) is 19.6 Å². The first-order valence-electron chi connectivity index (χ1n) is 21.0. The van der Waals surface area contributed by atoms with E-state index in [4.69, 9.17) is 5.73 Å². The first-order valence-corrected chi connectivity index (χ1v) is 29.1. The lowest BCUT2D eigenvalue weighted by Crippen LogP contribution is -2.14. The van der Waals surface area contributed by atoms with E-state index in [9.17, 15) is 69.6 Å². The van der Waals surface area contributed by atoms with Crippen LogP contribution in [0, 0.1) is 37.0 Å². The maximum absolute atomic E-state index is 13.2. The summed E-state index contributed by atoms with van der Waals surface area (Å²) in [6, 6.07) is 18.4. The number of nitrogens with two attached hydrogens (primary N) is 1. The third kappa shape index (κ3) is 27.0. The van der Waals surface area contributed by atoms with E-state index >= 15 is 0 Å². The summed E-state index contributed by atoms with van der Waals surface area (Å²) in [6.07, 6.45) is 6.64. The summed E-state index contributed by atoms with van der Waals surface area (Å²) < 4.78 is 186. The molecule has 0 bridgehead atoms. The average Bonchev–Trinajstić information content (AvgIpc) is 3.36. The number of halogens is 12. The largest absolute Gasteiger partial charge is 0.417 e. The van der Waals surface area contributed by atoms with Gasteiger partial charge < -0.3 is 11.1 Å². The van der Waals surface area contributed by atoms with Crippen LogP contribution in [0.25, 0.3) is 0 Å². The van der Waals surface area contributed by atoms with E-state index in [1.54, 1.807) is 37.4 Å². The van der Waals surface area contributed by atoms with Gasteiger partial charge in [0.05, 0.1) is 44.8 Å². The van der Waals surface area contributed by atoms with Crippen molar-refractivity contribution < 1.29 is 69.6 Å². The lowest BCUT2D eigenvalue weighted by Gasteiger charge is -2.15. The minimum absolute atomic E-state index is 0. The van der Waals surface area contributed by atoms with Crippen LogP contribution < -0.4 is 11.1 Å². The Labute approximate surface area is 484 Å². The van der Waals surface area contributed by atoms with Gasteiger partial charge in [-0.2, -0.15) is 39.5 Å². The molecule has 0 radical (unpaired) electrons. The van der Waals surface area contributed by atoms with Crippen LogP contribution in [0.4, 0.5) is 57.0 Å². The van der Waals surface area contributed by atoms with E-state index < -0.39 is 80.1 Å². The van der Waals surface area contributed by atoms with Crippen molar-refractivity contribution in [3.8, 4) is 37.0 Å². The molecule has 0 aliphatic carbocycles. The van der Waals surface area contributed by atoms with Gasteiger partial charge >= 0.3 is 18.5 Å². The second-order valence-corrected chi connectivity index (χ2v) is 23.3. The Hall–Kier alpha value is -6.61. The van der Waals surface area contributed by atoms with Crippen LogP contribution in [0.5, 0.6) is 0 Å². The Morgan fingerprint density at radius 1 is 0.600 bits per heavy atom. The second kappa shape index (κ2) is 34.5. The number of benzene rings is 3. The molecule has 6 rings (SSSR count). The fourth-order valence-corrected chi connectivity index (χ4v) is 8.09. The van der Waals surface area contributed by atoms with Crippen molar-refractivity contribution >= 4 is 107 Å². The molecule has 3 heterocycles. The van der Waals surface area contributed by atoms with Crippen molar-refractivity contribution in [2.24, 2.45) is 4.99 Å². The molecule has 0 saturated heterocycles. The second-order valence-electron chi connectivity index (χ2n) is 14.7. The SMILES string of the molecule is C.C#C.C#CC.CC#CC.CS(=O)(=O)c1ccc(C=Nc2ncccc2Br)c(C(F)(F)F)c1.CS(=O)(=O)c1ccc(C=O)c(C(F)(F)F)c1.CS(=O)(=O)c1ccc(CNc2ncccc2Br)c(C(F)(F)F)c1.Nc1ncccc1Br. The normalized spacial score (nSPS) is 10.9. The number of rotatable bonds is 9. The fourth-order valence-electron chi connectivity index (χ4n) is 5.14. The number of aliphatic imine (C=N–C) groups is 1. The Kier molecular flexibility index (Phi) is 32.6. The molecule has 0 spiro atoms. The van der Waals surface area contributed by atoms with E-state index in [1.807, 2.05) is 26.0 Å². The average molecular weight is 1380 g/mol. The quantitative estimate of drug-likeness (QED) is 0.0600. The van der Waals surface area contributed by atoms with E-state index in [1.165, 1.54) is 12.4 Å². The van der Waals surface area contributed by atoms with Crippen LogP contribution in [-0.2, 0) is 54.6 Å². The van der Waals surface area contributed by atoms with Crippen molar-refractivity contribution in [3.05, 3.63) is 156 Å². The van der Waals surface area contributed by atoms with Gasteiger partial charge in [0.25, 0.3) is 0 Å². The highest BCUT2D eigenvalue weighted by Crippen LogP contribution is 2.36. The monoisotopic (exact) mass is 1370 g/mol. The van der Waals surface area contributed by atoms with Crippen LogP contribution in [0.1, 0.15) is 66.4 Å². The number of carbonyl (C=O) groups is 1. The van der Waals surface area contributed by atoms with Gasteiger partial charge in [-0.15, -0.1) is 37.0 Å². The molecule has 3 aromatic heterocycles. The molecule has 6 aromatic rings. The molecular weight excluding hydrogens is 1330 g/mol. The van der Waals surface area contributed by atoms with Gasteiger partial charge in [-0.25, -0.2) is 45.2 Å². The molecule has 0 unspecified atom stereocenters. The van der Waals surface area contributed by atoms with E-state index in [0.29, 0.717) is 38.8 Å². The summed E-state index contributed by atoms with van der Waals surface area (Å²) in [5.41, 5.74) is 1.16. The van der Waals surface area contributed by atoms with Crippen molar-refractivity contribution in [1.29, 1.82) is 0 Å². The van der Waals surface area contributed by atoms with E-state index in [-0.39, 0.29) is 42.1 Å². The van der Waals surface area contributed by atoms with E-state index in [0.717, 1.165) is 65.9 Å². The molecule has 28 heteroatoms. The number of carbonyl (C=O) groups excluding carboxylic acids is 1. The number of sulfone groups is 3. The zero-order chi connectivity index (χ0) is 61.2. The maximum atomic E-state index is 13.2. The van der Waals surface area contributed by atoms with Gasteiger partial charge in [-0.05, 0) is 153 Å². The topological polar surface area (TPSA) is 209 Å². The van der Waals surface area contributed by atoms with Gasteiger partial charge in [0.15, 0.2) is 41.6 Å². The van der Waals surface area contributed by atoms with Gasteiger partial charge in [-0.3, -0.25) is 4.79 Å². The molecular formula is C52H50Br3F9N6O7S3. The molecule has 432 valence electrons. The van der Waals surface area contributed by atoms with Crippen molar-refractivity contribution in [2.75, 3.05) is 29.8 Å². The number of aromatic nitrogens is 3. The Morgan fingerprint density at radius 2 is 0.975 bits per heavy atom. The van der Waals surface area contributed by atoms with Crippen LogP contribution in [0.15, 0.2) is 143 Å². The predicted molar refractivity (Wildman–Crippen MR) is 304 cm³/mol. The van der Waals surface area contributed by atoms with Gasteiger partial charge in [0, 0.05) is 61.2 Å². The molecule has 3 N–H and O–H groups in total. The maximum Gasteiger partial charge on any atom is 0.417 e. The lowest BCUT2D eigenvalue weighted by molar-refractivity contribution is -0.139. The zero-order valence-corrected chi connectivity index (χ0v) is 49.2. The Bertz CT molecular complexity index is 3480. The van der Waals surface area contributed by atoms with Crippen LogP contribution in [0.2, 0.25) is 0 Å². The predicted octanol–water partition coefficient (Wildman–Crippen LogP) is 13.8. The number of nitrogens with zero attached hydrogens (tertiary/aromatic N) is 4. The van der Waals surface area contributed by atoms with Crippen LogP contribution in [-0.4, -0.2) is 71.5 Å². The molecule has 0 atom stereocenters. The number of alkyl halides is 9. The Morgan fingerprint density at radius 3 is 1.34 bits per heavy atom. The number of terminal acetylenes is 2. The molecule has 0 saturated carbocycles. The van der Waals surface area contributed by atoms with Crippen molar-refractivity contribution in [2.45, 2.75) is 68.0 Å². The number of aldehydes is 1. The highest BCUT2D eigenvalue weighted by Gasteiger charge is 2.36. The Balaban J connectivity index is 0. The molecule has 80 heavy (non-hydrogen) atoms. The molecule has 0 aliphatic rings. The van der Waals surface area contributed by atoms with Gasteiger partial charge in [0.1, 0.15) is 11.6 Å². The fraction of sp³-hybridized carbons (Fsp3) is 0.212. The number of nitrogen functional groups attached to an aromatic ring is 1. The summed E-state index contributed by atoms with van der Waals surface area (Å²) in [5.74, 6) is 8.76. The summed E-state index contributed by atoms with van der Waals surface area (Å²) in [6.45, 7) is 5.15. The summed E-state index contributed by atoms with van der Waals surface area (Å²) in [5, 5.41) is 2.79. The molecule has 13 nitrogen and oxygen atoms in total. The zero-order valence-electron chi connectivity index (χ0n) is 42.0. The van der Waals surface area contributed by atoms with Gasteiger partial charge in [0.2, 0.25) is 0 Å². The van der Waals surface area contributed by atoms with E-state index in [2.05, 4.69) is 110 Å². The number of nitrogens with one attached hydrogen (secondary N) is 1. The first kappa shape index (κ1) is 75.5. The number of pyridine rings is 3. The van der Waals surface area contributed by atoms with Crippen molar-refractivity contribution in [3.63, 3.8) is 0 Å². The third-order valence-electron chi connectivity index (χ3n) is 8.77. The molecule has 0 amide bonds. The lowest BCUT2D eigenvalue weighted by atomic mass is 10.1. The molecule has 3 aromatic carbocycles. The minimum atomic E-state index is -4.75. The van der Waals surface area contributed by atoms with Crippen LogP contribution in [0.3, 0.4) is 0 Å². The summed E-state index contributed by atoms with van der Waals surface area (Å²) in [4.78, 5) is 24.8. The van der Waals surface area contributed by atoms with Crippen LogP contribution >= 0.6 is 47.8 Å². The minimum Gasteiger partial charge on any atom is -0.383 e. The highest BCUT2D eigenvalue weighted by atomic mass is 79.9. The third-order valence-corrected chi connectivity index (χ3v) is 14.0. The standard InChI is InChI=1S/C14H12BrF3N2O2S.C14H10BrF3N2O2S.C9H7F3O3S.C5H5BrN2.C4H6.C3H4.C2H2.CH4/c2*1-23(21,22)10-5-4-9(11(7-10)14(16,17)18)8-20-13-12(15)3-2-6-19-13;1-16(14,15)7-3-2-6(5-13)8(4-7)9(10,11)12;6-4-2-1-3-8-5(4)7;1-3-4-2;1-3-2;1-2;/h2-7H,8H2,1H3,(H,19,20);2-8H,1H3;2-5H,1H3;1-3H,(H2,7,8);1-2H3;1H,2H3;1-2H;1H4. The molecule has 0 aliphatic heterocycles. The smallest absolute Gasteiger partial charge is 0.383 e. The molecule has 0 fully saturated rings. The number of hydrogen-bond donors (Lipinski definition) is 2. The first-order chi connectivity index (χ1) is 36.5. The number of hydrogen-bond acceptors (Lipinski definition) is 13.